The molecule has 0 aliphatic carbocycles. The summed E-state index contributed by atoms with van der Waals surface area (Å²) in [5, 5.41) is 3.13. The van der Waals surface area contributed by atoms with Crippen molar-refractivity contribution in [2.75, 3.05) is 45.4 Å². The van der Waals surface area contributed by atoms with Crippen molar-refractivity contribution in [2.45, 2.75) is 13.3 Å². The van der Waals surface area contributed by atoms with Gasteiger partial charge in [0.05, 0.1) is 26.1 Å². The maximum absolute atomic E-state index is 5.65. The van der Waals surface area contributed by atoms with Gasteiger partial charge in [-0.3, -0.25) is 0 Å². The quantitative estimate of drug-likeness (QED) is 0.636. The van der Waals surface area contributed by atoms with Gasteiger partial charge in [-0.05, 0) is 6.42 Å². The van der Waals surface area contributed by atoms with Crippen molar-refractivity contribution in [3.05, 3.63) is 6.33 Å². The molecule has 0 unspecified atom stereocenters. The van der Waals surface area contributed by atoms with Gasteiger partial charge >= 0.3 is 0 Å². The molecule has 0 saturated carbocycles. The third-order valence-electron chi connectivity index (χ3n) is 2.68. The average Bonchev–Trinajstić information content (AvgIpc) is 2.97. The normalized spacial score (nSPS) is 11.0. The van der Waals surface area contributed by atoms with Gasteiger partial charge in [-0.25, -0.2) is 4.98 Å². The third kappa shape index (κ3) is 4.54. The number of H-pyrrole nitrogens is 1. The average molecular weight is 295 g/mol. The lowest BCUT2D eigenvalue weighted by molar-refractivity contribution is 0.0539. The minimum atomic E-state index is 0.405. The van der Waals surface area contributed by atoms with Gasteiger partial charge in [-0.1, -0.05) is 6.92 Å². The summed E-state index contributed by atoms with van der Waals surface area (Å²) in [6.07, 6.45) is 2.57. The van der Waals surface area contributed by atoms with E-state index in [9.17, 15) is 0 Å². The number of nitrogens with zero attached hydrogens (tertiary/aromatic N) is 3. The Balaban J connectivity index is 1.95. The van der Waals surface area contributed by atoms with Crippen molar-refractivity contribution >= 4 is 17.1 Å². The molecule has 0 fully saturated rings. The molecule has 8 nitrogen and oxygen atoms in total. The SMILES string of the molecule is CCCNc1nc(OCCOCCOC)c2[nH]cnc2n1. The molecular weight excluding hydrogens is 274 g/mol. The van der Waals surface area contributed by atoms with E-state index in [1.165, 1.54) is 0 Å². The molecule has 2 heterocycles. The second-order valence-electron chi connectivity index (χ2n) is 4.33. The fourth-order valence-corrected chi connectivity index (χ4v) is 1.67. The number of ether oxygens (including phenoxy) is 3. The van der Waals surface area contributed by atoms with Crippen LogP contribution in [0.15, 0.2) is 6.33 Å². The topological polar surface area (TPSA) is 94.2 Å². The first-order chi connectivity index (χ1) is 10.3. The predicted molar refractivity (Wildman–Crippen MR) is 78.7 cm³/mol. The lowest BCUT2D eigenvalue weighted by Crippen LogP contribution is -2.12. The molecule has 0 spiro atoms. The summed E-state index contributed by atoms with van der Waals surface area (Å²) in [7, 11) is 1.64. The van der Waals surface area contributed by atoms with E-state index in [0.29, 0.717) is 49.4 Å². The molecule has 8 heteroatoms. The molecule has 2 aromatic rings. The van der Waals surface area contributed by atoms with Crippen molar-refractivity contribution in [3.63, 3.8) is 0 Å². The van der Waals surface area contributed by atoms with Gasteiger partial charge in [0.25, 0.3) is 0 Å². The highest BCUT2D eigenvalue weighted by molar-refractivity contribution is 5.76. The Morgan fingerprint density at radius 2 is 2.05 bits per heavy atom. The van der Waals surface area contributed by atoms with Gasteiger partial charge in [0.1, 0.15) is 12.1 Å². The van der Waals surface area contributed by atoms with Crippen molar-refractivity contribution in [1.29, 1.82) is 0 Å². The molecule has 0 bridgehead atoms. The number of hydrogen-bond donors (Lipinski definition) is 2. The van der Waals surface area contributed by atoms with Crippen molar-refractivity contribution in [1.82, 2.24) is 19.9 Å². The highest BCUT2D eigenvalue weighted by Gasteiger charge is 2.10. The van der Waals surface area contributed by atoms with Crippen LogP contribution in [0.25, 0.3) is 11.2 Å². The van der Waals surface area contributed by atoms with Crippen LogP contribution in [0.2, 0.25) is 0 Å². The summed E-state index contributed by atoms with van der Waals surface area (Å²) < 4.78 is 15.9. The maximum Gasteiger partial charge on any atom is 0.245 e. The molecule has 0 atom stereocenters. The molecular formula is C13H21N5O3. The number of hydrogen-bond acceptors (Lipinski definition) is 7. The van der Waals surface area contributed by atoms with Crippen LogP contribution in [0.1, 0.15) is 13.3 Å². The number of imidazole rings is 1. The van der Waals surface area contributed by atoms with E-state index >= 15 is 0 Å². The largest absolute Gasteiger partial charge is 0.474 e. The Bertz CT molecular complexity index is 546. The Morgan fingerprint density at radius 1 is 1.19 bits per heavy atom. The van der Waals surface area contributed by atoms with Gasteiger partial charge in [-0.15, -0.1) is 0 Å². The Hall–Kier alpha value is -1.93. The van der Waals surface area contributed by atoms with Gasteiger partial charge in [-0.2, -0.15) is 9.97 Å². The first-order valence-electron chi connectivity index (χ1n) is 6.99. The summed E-state index contributed by atoms with van der Waals surface area (Å²) in [4.78, 5) is 15.8. The van der Waals surface area contributed by atoms with E-state index in [2.05, 4.69) is 32.2 Å². The monoisotopic (exact) mass is 295 g/mol. The fraction of sp³-hybridized carbons (Fsp3) is 0.615. The lowest BCUT2D eigenvalue weighted by Gasteiger charge is -2.09. The van der Waals surface area contributed by atoms with Crippen molar-refractivity contribution in [2.24, 2.45) is 0 Å². The molecule has 2 rings (SSSR count). The first kappa shape index (κ1) is 15.5. The zero-order valence-electron chi connectivity index (χ0n) is 12.4. The van der Waals surface area contributed by atoms with E-state index in [0.717, 1.165) is 13.0 Å². The summed E-state index contributed by atoms with van der Waals surface area (Å²) in [6.45, 7) is 4.88. The molecule has 0 aliphatic rings. The molecule has 0 aliphatic heterocycles. The summed E-state index contributed by atoms with van der Waals surface area (Å²) in [5.41, 5.74) is 1.27. The van der Waals surface area contributed by atoms with E-state index in [4.69, 9.17) is 14.2 Å². The van der Waals surface area contributed by atoms with Crippen LogP contribution in [0.5, 0.6) is 5.88 Å². The Kier molecular flexibility index (Phi) is 6.17. The van der Waals surface area contributed by atoms with E-state index < -0.39 is 0 Å². The highest BCUT2D eigenvalue weighted by Crippen LogP contribution is 2.20. The van der Waals surface area contributed by atoms with Crippen molar-refractivity contribution in [3.8, 4) is 5.88 Å². The molecule has 2 N–H and O–H groups in total. The number of methoxy groups -OCH3 is 1. The molecule has 116 valence electrons. The van der Waals surface area contributed by atoms with Crippen LogP contribution in [0.3, 0.4) is 0 Å². The second-order valence-corrected chi connectivity index (χ2v) is 4.33. The summed E-state index contributed by atoms with van der Waals surface area (Å²) >= 11 is 0. The minimum absolute atomic E-state index is 0.405. The maximum atomic E-state index is 5.65. The Labute approximate surface area is 123 Å². The summed E-state index contributed by atoms with van der Waals surface area (Å²) in [5.74, 6) is 0.998. The number of aromatic nitrogens is 4. The fourth-order valence-electron chi connectivity index (χ4n) is 1.67. The zero-order valence-corrected chi connectivity index (χ0v) is 12.4. The number of aromatic amines is 1. The second kappa shape index (κ2) is 8.38. The zero-order chi connectivity index (χ0) is 14.9. The third-order valence-corrected chi connectivity index (χ3v) is 2.68. The van der Waals surface area contributed by atoms with Crippen LogP contribution in [-0.2, 0) is 9.47 Å². The van der Waals surface area contributed by atoms with E-state index in [-0.39, 0.29) is 0 Å². The number of anilines is 1. The smallest absolute Gasteiger partial charge is 0.245 e. The number of fused-ring (bicyclic) bond motifs is 1. The van der Waals surface area contributed by atoms with Crippen molar-refractivity contribution < 1.29 is 14.2 Å². The van der Waals surface area contributed by atoms with E-state index in [1.807, 2.05) is 0 Å². The predicted octanol–water partition coefficient (Wildman–Crippen LogP) is 1.22. The van der Waals surface area contributed by atoms with Gasteiger partial charge in [0, 0.05) is 13.7 Å². The number of nitrogens with one attached hydrogen (secondary N) is 2. The Morgan fingerprint density at radius 3 is 2.86 bits per heavy atom. The molecule has 0 amide bonds. The van der Waals surface area contributed by atoms with Crippen LogP contribution in [0.4, 0.5) is 5.95 Å². The summed E-state index contributed by atoms with van der Waals surface area (Å²) in [6, 6.07) is 0. The van der Waals surface area contributed by atoms with Gasteiger partial charge in [0.2, 0.25) is 11.8 Å². The van der Waals surface area contributed by atoms with Gasteiger partial charge < -0.3 is 24.5 Å². The van der Waals surface area contributed by atoms with Crippen LogP contribution < -0.4 is 10.1 Å². The van der Waals surface area contributed by atoms with Crippen LogP contribution in [0, 0.1) is 0 Å². The highest BCUT2D eigenvalue weighted by atomic mass is 16.5. The van der Waals surface area contributed by atoms with Gasteiger partial charge in [0.15, 0.2) is 5.65 Å². The van der Waals surface area contributed by atoms with E-state index in [1.54, 1.807) is 13.4 Å². The molecule has 0 radical (unpaired) electrons. The first-order valence-corrected chi connectivity index (χ1v) is 6.99. The number of rotatable bonds is 10. The molecule has 0 aromatic carbocycles. The molecule has 2 aromatic heterocycles. The standard InChI is InChI=1S/C13H21N5O3/c1-3-4-14-13-17-11-10(15-9-16-11)12(18-13)21-8-7-20-6-5-19-2/h9H,3-8H2,1-2H3,(H2,14,15,16,17,18). The lowest BCUT2D eigenvalue weighted by atomic mass is 10.5. The molecule has 21 heavy (non-hydrogen) atoms. The molecule has 0 saturated heterocycles. The minimum Gasteiger partial charge on any atom is -0.474 e. The van der Waals surface area contributed by atoms with Crippen LogP contribution >= 0.6 is 0 Å². The van der Waals surface area contributed by atoms with Crippen LogP contribution in [-0.4, -0.2) is 60.0 Å².